The van der Waals surface area contributed by atoms with Crippen LogP contribution in [0.2, 0.25) is 0 Å². The van der Waals surface area contributed by atoms with Gasteiger partial charge in [-0.2, -0.15) is 0 Å². The van der Waals surface area contributed by atoms with Crippen LogP contribution in [-0.2, 0) is 25.5 Å². The molecule has 10 nitrogen and oxygen atoms in total. The molecule has 0 radical (unpaired) electrons. The third kappa shape index (κ3) is 6.08. The lowest BCUT2D eigenvalue weighted by molar-refractivity contribution is -0.384. The number of anilines is 1. The van der Waals surface area contributed by atoms with Crippen LogP contribution in [0.25, 0.3) is 0 Å². The van der Waals surface area contributed by atoms with Crippen LogP contribution in [0.3, 0.4) is 0 Å². The Morgan fingerprint density at radius 3 is 2.33 bits per heavy atom. The van der Waals surface area contributed by atoms with Gasteiger partial charge < -0.3 is 25.2 Å². The summed E-state index contributed by atoms with van der Waals surface area (Å²) >= 11 is 0. The molecule has 0 aliphatic carbocycles. The number of carbonyl (C=O) groups excluding carboxylic acids is 2. The standard InChI is InChI=1S/C26H29N3O7/c1-15-22(25(31)35-4)24(19-6-5-7-21(14-19)29(33)34)23(16(2)27-15)26(32)36-13-12-18-8-10-20(11-9-18)28-17(3)30/h5-11,14,17,24,27-28,30H,12-13H2,1-4H3. The van der Waals surface area contributed by atoms with Gasteiger partial charge in [0.05, 0.1) is 35.7 Å². The normalized spacial score (nSPS) is 16.2. The Balaban J connectivity index is 1.85. The molecule has 0 aromatic heterocycles. The molecule has 1 heterocycles. The van der Waals surface area contributed by atoms with Crippen LogP contribution in [0, 0.1) is 10.1 Å². The second kappa shape index (κ2) is 11.5. The highest BCUT2D eigenvalue weighted by atomic mass is 16.6. The summed E-state index contributed by atoms with van der Waals surface area (Å²) in [6.45, 7) is 5.06. The van der Waals surface area contributed by atoms with Gasteiger partial charge in [-0.25, -0.2) is 9.59 Å². The minimum absolute atomic E-state index is 0.0801. The summed E-state index contributed by atoms with van der Waals surface area (Å²) in [5.41, 5.74) is 3.25. The van der Waals surface area contributed by atoms with Crippen molar-refractivity contribution in [1.29, 1.82) is 0 Å². The summed E-state index contributed by atoms with van der Waals surface area (Å²) in [5, 5.41) is 26.7. The van der Waals surface area contributed by atoms with Crippen molar-refractivity contribution in [1.82, 2.24) is 5.32 Å². The molecule has 0 amide bonds. The van der Waals surface area contributed by atoms with Crippen LogP contribution >= 0.6 is 0 Å². The fourth-order valence-corrected chi connectivity index (χ4v) is 4.14. The highest BCUT2D eigenvalue weighted by molar-refractivity contribution is 5.99. The van der Waals surface area contributed by atoms with Gasteiger partial charge in [-0.1, -0.05) is 24.3 Å². The van der Waals surface area contributed by atoms with Crippen molar-refractivity contribution in [3.8, 4) is 0 Å². The van der Waals surface area contributed by atoms with Gasteiger partial charge in [-0.15, -0.1) is 0 Å². The average Bonchev–Trinajstić information content (AvgIpc) is 2.83. The Bertz CT molecular complexity index is 1220. The number of nitrogens with one attached hydrogen (secondary N) is 2. The second-order valence-electron chi connectivity index (χ2n) is 8.38. The predicted octanol–water partition coefficient (Wildman–Crippen LogP) is 3.54. The maximum Gasteiger partial charge on any atom is 0.336 e. The van der Waals surface area contributed by atoms with Gasteiger partial charge in [-0.3, -0.25) is 10.1 Å². The molecule has 0 saturated heterocycles. The number of non-ortho nitro benzene ring substituents is 1. The number of nitrogens with zero attached hydrogens (tertiary/aromatic N) is 1. The summed E-state index contributed by atoms with van der Waals surface area (Å²) in [6, 6.07) is 13.2. The molecular weight excluding hydrogens is 466 g/mol. The zero-order valence-corrected chi connectivity index (χ0v) is 20.5. The van der Waals surface area contributed by atoms with E-state index in [1.807, 2.05) is 24.3 Å². The van der Waals surface area contributed by atoms with Crippen molar-refractivity contribution in [2.45, 2.75) is 39.3 Å². The summed E-state index contributed by atoms with van der Waals surface area (Å²) < 4.78 is 10.5. The molecule has 1 aliphatic heterocycles. The van der Waals surface area contributed by atoms with Gasteiger partial charge in [0.2, 0.25) is 0 Å². The van der Waals surface area contributed by atoms with E-state index in [1.165, 1.54) is 25.3 Å². The van der Waals surface area contributed by atoms with Crippen LogP contribution in [0.1, 0.15) is 37.8 Å². The number of rotatable bonds is 9. The molecular formula is C26H29N3O7. The van der Waals surface area contributed by atoms with Gasteiger partial charge in [0, 0.05) is 35.6 Å². The van der Waals surface area contributed by atoms with E-state index < -0.39 is 29.0 Å². The molecule has 2 unspecified atom stereocenters. The first-order chi connectivity index (χ1) is 17.1. The number of benzene rings is 2. The van der Waals surface area contributed by atoms with Gasteiger partial charge in [-0.05, 0) is 44.0 Å². The van der Waals surface area contributed by atoms with Crippen LogP contribution in [-0.4, -0.2) is 41.9 Å². The summed E-state index contributed by atoms with van der Waals surface area (Å²) in [4.78, 5) is 36.8. The molecule has 3 rings (SSSR count). The number of esters is 2. The minimum Gasteiger partial charge on any atom is -0.466 e. The van der Waals surface area contributed by atoms with E-state index in [2.05, 4.69) is 10.6 Å². The molecule has 10 heteroatoms. The van der Waals surface area contributed by atoms with E-state index in [4.69, 9.17) is 9.47 Å². The number of aliphatic hydroxyl groups excluding tert-OH is 1. The zero-order chi connectivity index (χ0) is 26.4. The molecule has 190 valence electrons. The number of dihydropyridines is 1. The first-order valence-electron chi connectivity index (χ1n) is 11.3. The van der Waals surface area contributed by atoms with Crippen molar-refractivity contribution in [2.24, 2.45) is 0 Å². The quantitative estimate of drug-likeness (QED) is 0.206. The minimum atomic E-state index is -0.906. The molecule has 36 heavy (non-hydrogen) atoms. The lowest BCUT2D eigenvalue weighted by Crippen LogP contribution is -2.32. The summed E-state index contributed by atoms with van der Waals surface area (Å²) in [7, 11) is 1.23. The SMILES string of the molecule is COC(=O)C1=C(C)NC(C)=C(C(=O)OCCc2ccc(NC(C)O)cc2)C1c1cccc([N+](=O)[O-])c1. The molecule has 2 aromatic rings. The predicted molar refractivity (Wildman–Crippen MR) is 133 cm³/mol. The van der Waals surface area contributed by atoms with Crippen molar-refractivity contribution in [2.75, 3.05) is 19.0 Å². The van der Waals surface area contributed by atoms with E-state index >= 15 is 0 Å². The Morgan fingerprint density at radius 1 is 1.11 bits per heavy atom. The summed E-state index contributed by atoms with van der Waals surface area (Å²) in [6.07, 6.45) is -0.232. The monoisotopic (exact) mass is 495 g/mol. The van der Waals surface area contributed by atoms with Crippen LogP contribution in [0.4, 0.5) is 11.4 Å². The van der Waals surface area contributed by atoms with Crippen molar-refractivity contribution in [3.05, 3.63) is 92.3 Å². The molecule has 2 atom stereocenters. The largest absolute Gasteiger partial charge is 0.466 e. The molecule has 1 aliphatic rings. The molecule has 2 aromatic carbocycles. The van der Waals surface area contributed by atoms with E-state index in [-0.39, 0.29) is 23.4 Å². The lowest BCUT2D eigenvalue weighted by atomic mass is 9.80. The number of nitro benzene ring substituents is 1. The number of hydrogen-bond acceptors (Lipinski definition) is 9. The Morgan fingerprint density at radius 2 is 1.75 bits per heavy atom. The highest BCUT2D eigenvalue weighted by Crippen LogP contribution is 2.40. The number of hydrogen-bond donors (Lipinski definition) is 3. The van der Waals surface area contributed by atoms with E-state index in [9.17, 15) is 24.8 Å². The Kier molecular flexibility index (Phi) is 8.44. The smallest absolute Gasteiger partial charge is 0.336 e. The maximum atomic E-state index is 13.3. The number of methoxy groups -OCH3 is 1. The Labute approximate surface area is 208 Å². The fraction of sp³-hybridized carbons (Fsp3) is 0.308. The van der Waals surface area contributed by atoms with Crippen molar-refractivity contribution in [3.63, 3.8) is 0 Å². The number of aliphatic hydroxyl groups is 1. The highest BCUT2D eigenvalue weighted by Gasteiger charge is 2.38. The topological polar surface area (TPSA) is 140 Å². The molecule has 0 fully saturated rings. The second-order valence-corrected chi connectivity index (χ2v) is 8.38. The maximum absolute atomic E-state index is 13.3. The third-order valence-corrected chi connectivity index (χ3v) is 5.75. The van der Waals surface area contributed by atoms with Crippen molar-refractivity contribution >= 4 is 23.3 Å². The van der Waals surface area contributed by atoms with E-state index in [0.717, 1.165) is 11.3 Å². The van der Waals surface area contributed by atoms with Crippen molar-refractivity contribution < 1.29 is 29.1 Å². The molecule has 0 bridgehead atoms. The first-order valence-corrected chi connectivity index (χ1v) is 11.3. The number of carbonyl (C=O) groups is 2. The van der Waals surface area contributed by atoms with E-state index in [0.29, 0.717) is 23.4 Å². The fourth-order valence-electron chi connectivity index (χ4n) is 4.14. The number of allylic oxidation sites excluding steroid dienone is 2. The summed E-state index contributed by atoms with van der Waals surface area (Å²) in [5.74, 6) is -2.20. The van der Waals surface area contributed by atoms with Gasteiger partial charge in [0.15, 0.2) is 0 Å². The lowest BCUT2D eigenvalue weighted by Gasteiger charge is -2.30. The third-order valence-electron chi connectivity index (χ3n) is 5.75. The van der Waals surface area contributed by atoms with Gasteiger partial charge in [0.25, 0.3) is 5.69 Å². The molecule has 3 N–H and O–H groups in total. The zero-order valence-electron chi connectivity index (χ0n) is 20.5. The average molecular weight is 496 g/mol. The van der Waals surface area contributed by atoms with Crippen LogP contribution in [0.15, 0.2) is 71.1 Å². The number of nitro groups is 1. The van der Waals surface area contributed by atoms with Crippen LogP contribution in [0.5, 0.6) is 0 Å². The van der Waals surface area contributed by atoms with Gasteiger partial charge in [0.1, 0.15) is 6.23 Å². The first kappa shape index (κ1) is 26.4. The Hall–Kier alpha value is -4.18. The molecule has 0 spiro atoms. The van der Waals surface area contributed by atoms with Gasteiger partial charge >= 0.3 is 11.9 Å². The number of ether oxygens (including phenoxy) is 2. The van der Waals surface area contributed by atoms with Crippen LogP contribution < -0.4 is 10.6 Å². The molecule has 0 saturated carbocycles. The van der Waals surface area contributed by atoms with E-state index in [1.54, 1.807) is 26.8 Å².